The minimum atomic E-state index is 0.519. The summed E-state index contributed by atoms with van der Waals surface area (Å²) in [7, 11) is 0. The third kappa shape index (κ3) is 3.39. The zero-order chi connectivity index (χ0) is 9.72. The van der Waals surface area contributed by atoms with E-state index in [2.05, 4.69) is 6.58 Å². The standard InChI is InChI=1S/C10H18N2/c1-7(2)10(6-11)8(3)5-9(4)12/h5H,1,6,11-12H2,2-4H3/b9-5+,10-8-. The van der Waals surface area contributed by atoms with Crippen molar-refractivity contribution in [3.8, 4) is 0 Å². The second-order valence-corrected chi connectivity index (χ2v) is 3.03. The fourth-order valence-corrected chi connectivity index (χ4v) is 1.10. The van der Waals surface area contributed by atoms with E-state index in [1.54, 1.807) is 0 Å². The molecule has 0 spiro atoms. The number of nitrogens with two attached hydrogens (primary N) is 2. The number of rotatable bonds is 3. The summed E-state index contributed by atoms with van der Waals surface area (Å²) in [6.07, 6.45) is 1.91. The fourth-order valence-electron chi connectivity index (χ4n) is 1.10. The predicted molar refractivity (Wildman–Crippen MR) is 54.5 cm³/mol. The van der Waals surface area contributed by atoms with Gasteiger partial charge >= 0.3 is 0 Å². The fraction of sp³-hybridized carbons (Fsp3) is 0.400. The van der Waals surface area contributed by atoms with Crippen LogP contribution >= 0.6 is 0 Å². The zero-order valence-corrected chi connectivity index (χ0v) is 8.15. The second kappa shape index (κ2) is 4.78. The molecule has 0 bridgehead atoms. The lowest BCUT2D eigenvalue weighted by molar-refractivity contribution is 1.11. The monoisotopic (exact) mass is 166 g/mol. The van der Waals surface area contributed by atoms with Gasteiger partial charge in [0.15, 0.2) is 0 Å². The van der Waals surface area contributed by atoms with Gasteiger partial charge in [-0.15, -0.1) is 0 Å². The second-order valence-electron chi connectivity index (χ2n) is 3.03. The summed E-state index contributed by atoms with van der Waals surface area (Å²) in [4.78, 5) is 0. The van der Waals surface area contributed by atoms with E-state index in [4.69, 9.17) is 11.5 Å². The van der Waals surface area contributed by atoms with E-state index < -0.39 is 0 Å². The van der Waals surface area contributed by atoms with Crippen LogP contribution in [-0.2, 0) is 0 Å². The highest BCUT2D eigenvalue weighted by Crippen LogP contribution is 2.12. The Balaban J connectivity index is 4.85. The lowest BCUT2D eigenvalue weighted by Crippen LogP contribution is -2.06. The molecule has 0 unspecified atom stereocenters. The average molecular weight is 166 g/mol. The molecule has 2 heteroatoms. The van der Waals surface area contributed by atoms with E-state index in [1.165, 1.54) is 0 Å². The van der Waals surface area contributed by atoms with Crippen molar-refractivity contribution in [3.05, 3.63) is 35.1 Å². The van der Waals surface area contributed by atoms with Gasteiger partial charge < -0.3 is 11.5 Å². The van der Waals surface area contributed by atoms with Crippen molar-refractivity contribution in [2.45, 2.75) is 20.8 Å². The van der Waals surface area contributed by atoms with Gasteiger partial charge in [0.2, 0.25) is 0 Å². The molecule has 68 valence electrons. The highest BCUT2D eigenvalue weighted by molar-refractivity contribution is 5.38. The third-order valence-electron chi connectivity index (χ3n) is 1.64. The van der Waals surface area contributed by atoms with Crippen LogP contribution in [0.5, 0.6) is 0 Å². The summed E-state index contributed by atoms with van der Waals surface area (Å²) in [6, 6.07) is 0. The van der Waals surface area contributed by atoms with Crippen LogP contribution in [-0.4, -0.2) is 6.54 Å². The maximum Gasteiger partial charge on any atom is 0.0183 e. The molecule has 0 heterocycles. The first-order valence-electron chi connectivity index (χ1n) is 3.98. The van der Waals surface area contributed by atoms with Crippen LogP contribution in [0.2, 0.25) is 0 Å². The normalized spacial score (nSPS) is 14.2. The largest absolute Gasteiger partial charge is 0.402 e. The molecule has 12 heavy (non-hydrogen) atoms. The maximum absolute atomic E-state index is 5.56. The van der Waals surface area contributed by atoms with Gasteiger partial charge in [-0.2, -0.15) is 0 Å². The van der Waals surface area contributed by atoms with E-state index in [1.807, 2.05) is 26.8 Å². The van der Waals surface area contributed by atoms with E-state index in [0.717, 1.165) is 22.4 Å². The molecule has 0 aliphatic carbocycles. The summed E-state index contributed by atoms with van der Waals surface area (Å²) in [5.74, 6) is 0. The molecule has 0 saturated heterocycles. The van der Waals surface area contributed by atoms with E-state index >= 15 is 0 Å². The number of allylic oxidation sites excluding steroid dienone is 3. The smallest absolute Gasteiger partial charge is 0.0183 e. The van der Waals surface area contributed by atoms with Gasteiger partial charge in [-0.05, 0) is 38.0 Å². The summed E-state index contributed by atoms with van der Waals surface area (Å²) < 4.78 is 0. The van der Waals surface area contributed by atoms with Gasteiger partial charge in [0.25, 0.3) is 0 Å². The average Bonchev–Trinajstić information content (AvgIpc) is 1.85. The quantitative estimate of drug-likeness (QED) is 0.627. The van der Waals surface area contributed by atoms with Crippen molar-refractivity contribution < 1.29 is 0 Å². The minimum Gasteiger partial charge on any atom is -0.402 e. The van der Waals surface area contributed by atoms with Gasteiger partial charge in [0, 0.05) is 12.2 Å². The molecule has 0 aromatic heterocycles. The summed E-state index contributed by atoms with van der Waals surface area (Å²) in [5.41, 5.74) is 15.1. The molecule has 4 N–H and O–H groups in total. The number of hydrogen-bond donors (Lipinski definition) is 2. The van der Waals surface area contributed by atoms with Gasteiger partial charge in [-0.25, -0.2) is 0 Å². The molecule has 0 radical (unpaired) electrons. The molecular weight excluding hydrogens is 148 g/mol. The van der Waals surface area contributed by atoms with Crippen LogP contribution in [0.25, 0.3) is 0 Å². The molecule has 0 fully saturated rings. The Morgan fingerprint density at radius 2 is 1.83 bits per heavy atom. The van der Waals surface area contributed by atoms with Crippen molar-refractivity contribution in [2.24, 2.45) is 11.5 Å². The molecule has 0 atom stereocenters. The zero-order valence-electron chi connectivity index (χ0n) is 8.15. The molecule has 0 aromatic carbocycles. The van der Waals surface area contributed by atoms with Crippen LogP contribution in [0, 0.1) is 0 Å². The lowest BCUT2D eigenvalue weighted by atomic mass is 10.0. The van der Waals surface area contributed by atoms with Crippen LogP contribution in [0.1, 0.15) is 20.8 Å². The van der Waals surface area contributed by atoms with Crippen LogP contribution < -0.4 is 11.5 Å². The van der Waals surface area contributed by atoms with Gasteiger partial charge in [-0.1, -0.05) is 12.2 Å². The van der Waals surface area contributed by atoms with Gasteiger partial charge in [0.05, 0.1) is 0 Å². The van der Waals surface area contributed by atoms with Crippen molar-refractivity contribution in [1.82, 2.24) is 0 Å². The topological polar surface area (TPSA) is 52.0 Å². The Hall–Kier alpha value is -1.02. The van der Waals surface area contributed by atoms with Crippen molar-refractivity contribution in [2.75, 3.05) is 6.54 Å². The van der Waals surface area contributed by atoms with E-state index in [9.17, 15) is 0 Å². The highest BCUT2D eigenvalue weighted by Gasteiger charge is 1.98. The van der Waals surface area contributed by atoms with Crippen LogP contribution in [0.3, 0.4) is 0 Å². The Morgan fingerprint density at radius 1 is 1.33 bits per heavy atom. The Morgan fingerprint density at radius 3 is 2.08 bits per heavy atom. The summed E-state index contributed by atoms with van der Waals surface area (Å²) in [5, 5.41) is 0. The first-order valence-corrected chi connectivity index (χ1v) is 3.98. The molecule has 0 aromatic rings. The van der Waals surface area contributed by atoms with E-state index in [-0.39, 0.29) is 0 Å². The SMILES string of the molecule is C=C(C)/C(CN)=C(C)\C=C(/C)N. The molecule has 2 nitrogen and oxygen atoms in total. The van der Waals surface area contributed by atoms with Crippen molar-refractivity contribution in [1.29, 1.82) is 0 Å². The molecular formula is C10H18N2. The third-order valence-corrected chi connectivity index (χ3v) is 1.64. The maximum atomic E-state index is 5.56. The molecule has 0 rings (SSSR count). The van der Waals surface area contributed by atoms with Crippen LogP contribution in [0.4, 0.5) is 0 Å². The molecule has 0 saturated carbocycles. The van der Waals surface area contributed by atoms with Crippen molar-refractivity contribution in [3.63, 3.8) is 0 Å². The summed E-state index contributed by atoms with van der Waals surface area (Å²) in [6.45, 7) is 10.2. The van der Waals surface area contributed by atoms with E-state index in [0.29, 0.717) is 6.54 Å². The molecule has 0 aliphatic rings. The van der Waals surface area contributed by atoms with Gasteiger partial charge in [0.1, 0.15) is 0 Å². The summed E-state index contributed by atoms with van der Waals surface area (Å²) >= 11 is 0. The Bertz CT molecular complexity index is 230. The molecule has 0 aliphatic heterocycles. The highest BCUT2D eigenvalue weighted by atomic mass is 14.6. The first-order chi connectivity index (χ1) is 5.49. The number of hydrogen-bond acceptors (Lipinski definition) is 2. The van der Waals surface area contributed by atoms with Crippen LogP contribution in [0.15, 0.2) is 35.1 Å². The lowest BCUT2D eigenvalue weighted by Gasteiger charge is -2.06. The molecule has 0 amide bonds. The minimum absolute atomic E-state index is 0.519. The Kier molecular flexibility index (Phi) is 4.37. The van der Waals surface area contributed by atoms with Gasteiger partial charge in [-0.3, -0.25) is 0 Å². The predicted octanol–water partition coefficient (Wildman–Crippen LogP) is 1.70. The first kappa shape index (κ1) is 11.0. The Labute approximate surface area is 74.6 Å². The van der Waals surface area contributed by atoms with Crippen molar-refractivity contribution >= 4 is 0 Å².